The molecule has 2 N–H and O–H groups in total. The van der Waals surface area contributed by atoms with Crippen LogP contribution in [-0.4, -0.2) is 22.5 Å². The second kappa shape index (κ2) is 4.72. The van der Waals surface area contributed by atoms with E-state index in [-0.39, 0.29) is 18.3 Å². The highest BCUT2D eigenvalue weighted by Crippen LogP contribution is 2.25. The molecule has 3 nitrogen and oxygen atoms in total. The molecule has 17 heavy (non-hydrogen) atoms. The molecule has 2 rings (SSSR count). The topological polar surface area (TPSA) is 53.1 Å². The molecule has 0 radical (unpaired) electrons. The fourth-order valence-corrected chi connectivity index (χ4v) is 2.20. The highest BCUT2D eigenvalue weighted by atomic mass is 16.3. The molecule has 0 fully saturated rings. The molecule has 0 saturated heterocycles. The van der Waals surface area contributed by atoms with Gasteiger partial charge in [0.25, 0.3) is 0 Å². The zero-order valence-corrected chi connectivity index (χ0v) is 10.2. The number of carbonyl (C=O) groups excluding carboxylic acids is 1. The summed E-state index contributed by atoms with van der Waals surface area (Å²) in [6.45, 7) is 3.73. The molecule has 1 atom stereocenters. The monoisotopic (exact) mass is 231 g/mol. The Kier molecular flexibility index (Phi) is 3.29. The number of aromatic nitrogens is 1. The van der Waals surface area contributed by atoms with Crippen LogP contribution in [0.1, 0.15) is 29.4 Å². The van der Waals surface area contributed by atoms with Crippen molar-refractivity contribution in [2.45, 2.75) is 20.3 Å². The first-order valence-corrected chi connectivity index (χ1v) is 5.91. The van der Waals surface area contributed by atoms with Gasteiger partial charge in [0.05, 0.1) is 6.61 Å². The van der Waals surface area contributed by atoms with E-state index in [0.717, 1.165) is 22.2 Å². The molecule has 1 unspecified atom stereocenters. The Balaban J connectivity index is 2.54. The van der Waals surface area contributed by atoms with E-state index in [9.17, 15) is 9.90 Å². The number of H-pyrrole nitrogens is 1. The number of Topliss-reactive ketones (excluding diaryl/α,β-unsaturated/α-hetero) is 1. The number of hydrogen-bond acceptors (Lipinski definition) is 2. The first-order chi connectivity index (χ1) is 8.19. The number of carbonyl (C=O) groups is 1. The predicted octanol–water partition coefficient (Wildman–Crippen LogP) is 2.68. The van der Waals surface area contributed by atoms with E-state index in [0.29, 0.717) is 6.42 Å². The molecule has 90 valence electrons. The number of benzene rings is 1. The summed E-state index contributed by atoms with van der Waals surface area (Å²) in [5, 5.41) is 10.2. The van der Waals surface area contributed by atoms with Crippen molar-refractivity contribution in [3.8, 4) is 0 Å². The van der Waals surface area contributed by atoms with Crippen LogP contribution in [0, 0.1) is 12.8 Å². The van der Waals surface area contributed by atoms with Crippen molar-refractivity contribution in [2.75, 3.05) is 6.61 Å². The van der Waals surface area contributed by atoms with Crippen LogP contribution in [0.3, 0.4) is 0 Å². The van der Waals surface area contributed by atoms with Gasteiger partial charge in [0.2, 0.25) is 0 Å². The van der Waals surface area contributed by atoms with E-state index >= 15 is 0 Å². The first-order valence-electron chi connectivity index (χ1n) is 5.91. The van der Waals surface area contributed by atoms with Crippen LogP contribution in [0.5, 0.6) is 0 Å². The SMILES string of the molecule is CCC(CO)C(=O)c1c(C)[nH]c2ccccc12. The number of ketones is 1. The molecule has 0 spiro atoms. The van der Waals surface area contributed by atoms with Crippen molar-refractivity contribution in [1.29, 1.82) is 0 Å². The minimum atomic E-state index is -0.298. The maximum absolute atomic E-state index is 12.3. The van der Waals surface area contributed by atoms with E-state index in [2.05, 4.69) is 4.98 Å². The smallest absolute Gasteiger partial charge is 0.170 e. The summed E-state index contributed by atoms with van der Waals surface area (Å²) >= 11 is 0. The normalized spacial score (nSPS) is 12.9. The fourth-order valence-electron chi connectivity index (χ4n) is 2.20. The van der Waals surface area contributed by atoms with Crippen molar-refractivity contribution in [3.05, 3.63) is 35.5 Å². The van der Waals surface area contributed by atoms with Crippen molar-refractivity contribution in [1.82, 2.24) is 4.98 Å². The third-order valence-electron chi connectivity index (χ3n) is 3.22. The lowest BCUT2D eigenvalue weighted by Gasteiger charge is -2.10. The number of nitrogens with one attached hydrogen (secondary N) is 1. The highest BCUT2D eigenvalue weighted by molar-refractivity contribution is 6.10. The van der Waals surface area contributed by atoms with Gasteiger partial charge >= 0.3 is 0 Å². The highest BCUT2D eigenvalue weighted by Gasteiger charge is 2.22. The number of aryl methyl sites for hydroxylation is 1. The zero-order valence-electron chi connectivity index (χ0n) is 10.2. The second-order valence-corrected chi connectivity index (χ2v) is 4.32. The average Bonchev–Trinajstić information content (AvgIpc) is 2.66. The van der Waals surface area contributed by atoms with Gasteiger partial charge in [-0.3, -0.25) is 4.79 Å². The molecule has 0 bridgehead atoms. The fraction of sp³-hybridized carbons (Fsp3) is 0.357. The van der Waals surface area contributed by atoms with Crippen LogP contribution in [0.4, 0.5) is 0 Å². The zero-order chi connectivity index (χ0) is 12.4. The van der Waals surface area contributed by atoms with Gasteiger partial charge in [-0.2, -0.15) is 0 Å². The lowest BCUT2D eigenvalue weighted by atomic mass is 9.94. The average molecular weight is 231 g/mol. The van der Waals surface area contributed by atoms with Crippen LogP contribution in [0.15, 0.2) is 24.3 Å². The molecule has 1 aromatic carbocycles. The van der Waals surface area contributed by atoms with Crippen LogP contribution < -0.4 is 0 Å². The number of hydrogen-bond donors (Lipinski definition) is 2. The van der Waals surface area contributed by atoms with Crippen molar-refractivity contribution < 1.29 is 9.90 Å². The molecule has 0 aliphatic rings. The summed E-state index contributed by atoms with van der Waals surface area (Å²) in [5.74, 6) is -0.266. The van der Waals surface area contributed by atoms with Crippen molar-refractivity contribution in [2.24, 2.45) is 5.92 Å². The van der Waals surface area contributed by atoms with E-state index in [1.165, 1.54) is 0 Å². The number of aliphatic hydroxyl groups excluding tert-OH is 1. The lowest BCUT2D eigenvalue weighted by Crippen LogP contribution is -2.18. The Morgan fingerprint density at radius 3 is 2.76 bits per heavy atom. The Labute approximate surface area is 100 Å². The third-order valence-corrected chi connectivity index (χ3v) is 3.22. The molecule has 0 saturated carbocycles. The first kappa shape index (κ1) is 11.9. The summed E-state index contributed by atoms with van der Waals surface area (Å²) < 4.78 is 0. The molecule has 0 aliphatic heterocycles. The second-order valence-electron chi connectivity index (χ2n) is 4.32. The van der Waals surface area contributed by atoms with Gasteiger partial charge in [-0.05, 0) is 19.4 Å². The van der Waals surface area contributed by atoms with Crippen LogP contribution in [0.25, 0.3) is 10.9 Å². The van der Waals surface area contributed by atoms with Crippen molar-refractivity contribution >= 4 is 16.7 Å². The Morgan fingerprint density at radius 1 is 1.41 bits per heavy atom. The van der Waals surface area contributed by atoms with E-state index < -0.39 is 0 Å². The summed E-state index contributed by atoms with van der Waals surface area (Å²) in [6, 6.07) is 7.76. The molecular formula is C14H17NO2. The number of aromatic amines is 1. The summed E-state index contributed by atoms with van der Waals surface area (Å²) in [4.78, 5) is 15.5. The lowest BCUT2D eigenvalue weighted by molar-refractivity contribution is 0.0857. The number of rotatable bonds is 4. The molecule has 3 heteroatoms. The van der Waals surface area contributed by atoms with Gasteiger partial charge in [0, 0.05) is 28.1 Å². The van der Waals surface area contributed by atoms with Gasteiger partial charge in [-0.1, -0.05) is 25.1 Å². The minimum absolute atomic E-state index is 0.0324. The summed E-state index contributed by atoms with van der Waals surface area (Å²) in [5.41, 5.74) is 2.57. The summed E-state index contributed by atoms with van der Waals surface area (Å²) in [6.07, 6.45) is 0.661. The standard InChI is InChI=1S/C14H17NO2/c1-3-10(8-16)14(17)13-9(2)15-12-7-5-4-6-11(12)13/h4-7,10,15-16H,3,8H2,1-2H3. The summed E-state index contributed by atoms with van der Waals surface area (Å²) in [7, 11) is 0. The maximum Gasteiger partial charge on any atom is 0.170 e. The van der Waals surface area contributed by atoms with E-state index in [4.69, 9.17) is 0 Å². The molecule has 1 aromatic heterocycles. The minimum Gasteiger partial charge on any atom is -0.396 e. The van der Waals surface area contributed by atoms with E-state index in [1.807, 2.05) is 38.1 Å². The predicted molar refractivity (Wildman–Crippen MR) is 68.2 cm³/mol. The quantitative estimate of drug-likeness (QED) is 0.795. The van der Waals surface area contributed by atoms with Gasteiger partial charge < -0.3 is 10.1 Å². The van der Waals surface area contributed by atoms with Crippen LogP contribution in [-0.2, 0) is 0 Å². The third kappa shape index (κ3) is 1.98. The molecular weight excluding hydrogens is 214 g/mol. The van der Waals surface area contributed by atoms with Gasteiger partial charge in [0.15, 0.2) is 5.78 Å². The van der Waals surface area contributed by atoms with Gasteiger partial charge in [0.1, 0.15) is 0 Å². The van der Waals surface area contributed by atoms with Gasteiger partial charge in [-0.15, -0.1) is 0 Å². The molecule has 1 heterocycles. The Hall–Kier alpha value is -1.61. The molecule has 0 amide bonds. The van der Waals surface area contributed by atoms with Crippen molar-refractivity contribution in [3.63, 3.8) is 0 Å². The largest absolute Gasteiger partial charge is 0.396 e. The number of aliphatic hydroxyl groups is 1. The molecule has 2 aromatic rings. The van der Waals surface area contributed by atoms with Gasteiger partial charge in [-0.25, -0.2) is 0 Å². The Morgan fingerprint density at radius 2 is 2.12 bits per heavy atom. The number of fused-ring (bicyclic) bond motifs is 1. The number of para-hydroxylation sites is 1. The van der Waals surface area contributed by atoms with Crippen LogP contribution in [0.2, 0.25) is 0 Å². The molecule has 0 aliphatic carbocycles. The maximum atomic E-state index is 12.3. The Bertz CT molecular complexity index is 538. The van der Waals surface area contributed by atoms with Crippen LogP contribution >= 0.6 is 0 Å². The van der Waals surface area contributed by atoms with E-state index in [1.54, 1.807) is 0 Å².